The van der Waals surface area contributed by atoms with E-state index in [4.69, 9.17) is 10.4 Å². The summed E-state index contributed by atoms with van der Waals surface area (Å²) in [6.07, 6.45) is 3.05. The van der Waals surface area contributed by atoms with Crippen LogP contribution in [-0.4, -0.2) is 23.5 Å². The van der Waals surface area contributed by atoms with Gasteiger partial charge in [0.05, 0.1) is 17.6 Å². The molecule has 0 saturated heterocycles. The normalized spacial score (nSPS) is 21.3. The minimum atomic E-state index is -0.713. The summed E-state index contributed by atoms with van der Waals surface area (Å²) in [4.78, 5) is 22.8. The topological polar surface area (TPSA) is 90.2 Å². The molecular formula is C16H18N2O3. The second-order valence-corrected chi connectivity index (χ2v) is 5.46. The van der Waals surface area contributed by atoms with Crippen LogP contribution in [0.25, 0.3) is 0 Å². The summed E-state index contributed by atoms with van der Waals surface area (Å²) in [5.74, 6) is -0.742. The first-order chi connectivity index (χ1) is 10.1. The predicted octanol–water partition coefficient (Wildman–Crippen LogP) is 2.18. The highest BCUT2D eigenvalue weighted by Crippen LogP contribution is 2.28. The van der Waals surface area contributed by atoms with E-state index in [2.05, 4.69) is 5.32 Å². The number of carboxylic acids is 1. The highest BCUT2D eigenvalue weighted by Gasteiger charge is 2.25. The number of hydrogen-bond donors (Lipinski definition) is 2. The largest absolute Gasteiger partial charge is 0.481 e. The van der Waals surface area contributed by atoms with Crippen LogP contribution in [0, 0.1) is 23.2 Å². The molecule has 1 aromatic rings. The predicted molar refractivity (Wildman–Crippen MR) is 76.6 cm³/mol. The lowest BCUT2D eigenvalue weighted by molar-refractivity contribution is -0.143. The second-order valence-electron chi connectivity index (χ2n) is 5.46. The van der Waals surface area contributed by atoms with E-state index in [9.17, 15) is 9.59 Å². The molecule has 0 unspecified atom stereocenters. The maximum atomic E-state index is 12.0. The number of carbonyl (C=O) groups excluding carboxylic acids is 1. The lowest BCUT2D eigenvalue weighted by Crippen LogP contribution is -2.32. The van der Waals surface area contributed by atoms with Crippen LogP contribution in [0.15, 0.2) is 24.3 Å². The molecule has 1 aromatic carbocycles. The number of hydrogen-bond acceptors (Lipinski definition) is 3. The number of amides is 1. The van der Waals surface area contributed by atoms with Gasteiger partial charge < -0.3 is 10.4 Å². The lowest BCUT2D eigenvalue weighted by atomic mass is 9.82. The van der Waals surface area contributed by atoms with Gasteiger partial charge in [0, 0.05) is 12.1 Å². The average molecular weight is 286 g/mol. The zero-order valence-electron chi connectivity index (χ0n) is 11.7. The Morgan fingerprint density at radius 2 is 1.81 bits per heavy atom. The van der Waals surface area contributed by atoms with Crippen molar-refractivity contribution in [2.24, 2.45) is 11.8 Å². The molecule has 0 spiro atoms. The van der Waals surface area contributed by atoms with Crippen molar-refractivity contribution in [2.45, 2.75) is 25.7 Å². The van der Waals surface area contributed by atoms with Crippen molar-refractivity contribution in [1.82, 2.24) is 5.32 Å². The Kier molecular flexibility index (Phi) is 4.94. The van der Waals surface area contributed by atoms with E-state index in [1.807, 2.05) is 6.07 Å². The number of nitrogens with zero attached hydrogens (tertiary/aromatic N) is 1. The number of nitrogens with one attached hydrogen (secondary N) is 1. The van der Waals surface area contributed by atoms with Crippen LogP contribution in [0.4, 0.5) is 0 Å². The van der Waals surface area contributed by atoms with Gasteiger partial charge in [-0.25, -0.2) is 0 Å². The number of aliphatic carboxylic acids is 1. The molecule has 0 aliphatic heterocycles. The van der Waals surface area contributed by atoms with Gasteiger partial charge in [0.15, 0.2) is 0 Å². The van der Waals surface area contributed by atoms with Crippen LogP contribution >= 0.6 is 0 Å². The van der Waals surface area contributed by atoms with Crippen molar-refractivity contribution in [3.05, 3.63) is 35.4 Å². The summed E-state index contributed by atoms with van der Waals surface area (Å²) in [6, 6.07) is 8.51. The minimum absolute atomic E-state index is 0.153. The van der Waals surface area contributed by atoms with Gasteiger partial charge in [-0.15, -0.1) is 0 Å². The summed E-state index contributed by atoms with van der Waals surface area (Å²) in [5, 5.41) is 20.5. The van der Waals surface area contributed by atoms with Gasteiger partial charge in [-0.1, -0.05) is 0 Å². The summed E-state index contributed by atoms with van der Waals surface area (Å²) in [5.41, 5.74) is 1.06. The van der Waals surface area contributed by atoms with Gasteiger partial charge in [-0.05, 0) is 55.9 Å². The first kappa shape index (κ1) is 15.0. The van der Waals surface area contributed by atoms with Gasteiger partial charge in [0.2, 0.25) is 0 Å². The van der Waals surface area contributed by atoms with Crippen LogP contribution < -0.4 is 5.32 Å². The molecule has 2 rings (SSSR count). The van der Waals surface area contributed by atoms with Gasteiger partial charge in [-0.2, -0.15) is 5.26 Å². The van der Waals surface area contributed by atoms with E-state index in [1.165, 1.54) is 0 Å². The van der Waals surface area contributed by atoms with Gasteiger partial charge in [0.25, 0.3) is 5.91 Å². The molecule has 1 saturated carbocycles. The molecule has 1 aliphatic rings. The Balaban J connectivity index is 1.79. The maximum Gasteiger partial charge on any atom is 0.306 e. The molecule has 1 fully saturated rings. The Morgan fingerprint density at radius 1 is 1.19 bits per heavy atom. The van der Waals surface area contributed by atoms with Crippen LogP contribution in [-0.2, 0) is 4.79 Å². The molecular weight excluding hydrogens is 268 g/mol. The fourth-order valence-corrected chi connectivity index (χ4v) is 2.65. The van der Waals surface area contributed by atoms with Crippen molar-refractivity contribution in [3.8, 4) is 6.07 Å². The molecule has 21 heavy (non-hydrogen) atoms. The Hall–Kier alpha value is -2.35. The van der Waals surface area contributed by atoms with E-state index in [-0.39, 0.29) is 11.8 Å². The third kappa shape index (κ3) is 4.06. The molecule has 0 aromatic heterocycles. The molecule has 0 bridgehead atoms. The van der Waals surface area contributed by atoms with E-state index < -0.39 is 5.97 Å². The zero-order valence-corrected chi connectivity index (χ0v) is 11.7. The molecule has 0 heterocycles. The van der Waals surface area contributed by atoms with Crippen LogP contribution in [0.3, 0.4) is 0 Å². The van der Waals surface area contributed by atoms with Crippen LogP contribution in [0.2, 0.25) is 0 Å². The van der Waals surface area contributed by atoms with Crippen LogP contribution in [0.1, 0.15) is 41.6 Å². The van der Waals surface area contributed by atoms with Crippen molar-refractivity contribution in [2.75, 3.05) is 6.54 Å². The SMILES string of the molecule is N#Cc1ccc(C(=O)NCC2CCC(C(=O)O)CC2)cc1. The van der Waals surface area contributed by atoms with Crippen LogP contribution in [0.5, 0.6) is 0 Å². The molecule has 110 valence electrons. The highest BCUT2D eigenvalue weighted by atomic mass is 16.4. The summed E-state index contributed by atoms with van der Waals surface area (Å²) in [6.45, 7) is 0.575. The van der Waals surface area contributed by atoms with Crippen molar-refractivity contribution in [3.63, 3.8) is 0 Å². The number of nitriles is 1. The second kappa shape index (κ2) is 6.89. The average Bonchev–Trinajstić information content (AvgIpc) is 2.53. The molecule has 2 N–H and O–H groups in total. The summed E-state index contributed by atoms with van der Waals surface area (Å²) in [7, 11) is 0. The summed E-state index contributed by atoms with van der Waals surface area (Å²) < 4.78 is 0. The first-order valence-electron chi connectivity index (χ1n) is 7.11. The highest BCUT2D eigenvalue weighted by molar-refractivity contribution is 5.94. The van der Waals surface area contributed by atoms with E-state index in [1.54, 1.807) is 24.3 Å². The van der Waals surface area contributed by atoms with E-state index in [0.717, 1.165) is 12.8 Å². The molecule has 0 radical (unpaired) electrons. The van der Waals surface area contributed by atoms with Gasteiger partial charge in [-0.3, -0.25) is 9.59 Å². The Bertz CT molecular complexity index is 552. The first-order valence-corrected chi connectivity index (χ1v) is 7.11. The van der Waals surface area contributed by atoms with E-state index in [0.29, 0.717) is 36.4 Å². The lowest BCUT2D eigenvalue weighted by Gasteiger charge is -2.26. The molecule has 1 aliphatic carbocycles. The minimum Gasteiger partial charge on any atom is -0.481 e. The molecule has 5 nitrogen and oxygen atoms in total. The fourth-order valence-electron chi connectivity index (χ4n) is 2.65. The molecule has 1 amide bonds. The number of carbonyl (C=O) groups is 2. The quantitative estimate of drug-likeness (QED) is 0.887. The zero-order chi connectivity index (χ0) is 15.2. The Labute approximate surface area is 123 Å². The molecule has 5 heteroatoms. The maximum absolute atomic E-state index is 12.0. The third-order valence-corrected chi connectivity index (χ3v) is 4.02. The van der Waals surface area contributed by atoms with Crippen molar-refractivity contribution >= 4 is 11.9 Å². The number of rotatable bonds is 4. The van der Waals surface area contributed by atoms with E-state index >= 15 is 0 Å². The summed E-state index contributed by atoms with van der Waals surface area (Å²) >= 11 is 0. The number of carboxylic acid groups (broad SMARTS) is 1. The number of benzene rings is 1. The Morgan fingerprint density at radius 3 is 2.33 bits per heavy atom. The standard InChI is InChI=1S/C16H18N2O3/c17-9-11-1-5-13(6-2-11)15(19)18-10-12-3-7-14(8-4-12)16(20)21/h1-2,5-6,12,14H,3-4,7-8,10H2,(H,18,19)(H,20,21). The molecule has 0 atom stereocenters. The monoisotopic (exact) mass is 286 g/mol. The fraction of sp³-hybridized carbons (Fsp3) is 0.438. The van der Waals surface area contributed by atoms with Gasteiger partial charge >= 0.3 is 5.97 Å². The smallest absolute Gasteiger partial charge is 0.306 e. The van der Waals surface area contributed by atoms with Crippen molar-refractivity contribution < 1.29 is 14.7 Å². The third-order valence-electron chi connectivity index (χ3n) is 4.02. The van der Waals surface area contributed by atoms with Crippen molar-refractivity contribution in [1.29, 1.82) is 5.26 Å². The van der Waals surface area contributed by atoms with Gasteiger partial charge in [0.1, 0.15) is 0 Å².